The van der Waals surface area contributed by atoms with Crippen LogP contribution in [0.1, 0.15) is 5.56 Å². The molecule has 4 heteroatoms. The second-order valence-electron chi connectivity index (χ2n) is 2.38. The average Bonchev–Trinajstić information content (AvgIpc) is 1.96. The topological polar surface area (TPSA) is 12.0 Å². The molecule has 1 aromatic rings. The lowest BCUT2D eigenvalue weighted by molar-refractivity contribution is 0.517. The molecule has 0 bridgehead atoms. The minimum absolute atomic E-state index is 0.0535. The van der Waals surface area contributed by atoms with Crippen LogP contribution in [0.2, 0.25) is 0 Å². The number of benzene rings is 1. The highest BCUT2D eigenvalue weighted by atomic mass is 19.1. The minimum atomic E-state index is -0.898. The molecule has 1 aromatic carbocycles. The van der Waals surface area contributed by atoms with Crippen LogP contribution >= 0.6 is 0 Å². The van der Waals surface area contributed by atoms with Crippen LogP contribution in [0, 0.1) is 17.5 Å². The quantitative estimate of drug-likeness (QED) is 0.723. The van der Waals surface area contributed by atoms with Gasteiger partial charge in [-0.2, -0.15) is 0 Å². The molecule has 0 amide bonds. The van der Waals surface area contributed by atoms with Crippen LogP contribution in [0.5, 0.6) is 0 Å². The fourth-order valence-electron chi connectivity index (χ4n) is 0.918. The van der Waals surface area contributed by atoms with Gasteiger partial charge in [-0.3, -0.25) is 0 Å². The maximum Gasteiger partial charge on any atom is 0.133 e. The van der Waals surface area contributed by atoms with Crippen molar-refractivity contribution in [3.63, 3.8) is 0 Å². The third-order valence-electron chi connectivity index (χ3n) is 1.46. The molecule has 0 radical (unpaired) electrons. The summed E-state index contributed by atoms with van der Waals surface area (Å²) in [6, 6.07) is 1.32. The van der Waals surface area contributed by atoms with Crippen molar-refractivity contribution >= 4 is 0 Å². The summed E-state index contributed by atoms with van der Waals surface area (Å²) in [5.41, 5.74) is -0.140. The Morgan fingerprint density at radius 2 is 1.67 bits per heavy atom. The summed E-state index contributed by atoms with van der Waals surface area (Å²) < 4.78 is 37.9. The van der Waals surface area contributed by atoms with Crippen LogP contribution in [0.3, 0.4) is 0 Å². The standard InChI is InChI=1S/C8H8F3N/c1-12-4-6-7(10)2-5(9)3-8(6)11/h2-3,12H,4H2,1H3. The maximum atomic E-state index is 12.8. The zero-order chi connectivity index (χ0) is 9.14. The van der Waals surface area contributed by atoms with Gasteiger partial charge in [0.05, 0.1) is 0 Å². The molecule has 0 spiro atoms. The molecule has 0 fully saturated rings. The van der Waals surface area contributed by atoms with Crippen LogP contribution < -0.4 is 5.32 Å². The fourth-order valence-corrected chi connectivity index (χ4v) is 0.918. The van der Waals surface area contributed by atoms with E-state index in [9.17, 15) is 13.2 Å². The van der Waals surface area contributed by atoms with Gasteiger partial charge in [-0.25, -0.2) is 13.2 Å². The van der Waals surface area contributed by atoms with E-state index in [0.29, 0.717) is 12.1 Å². The lowest BCUT2D eigenvalue weighted by Crippen LogP contribution is -2.09. The van der Waals surface area contributed by atoms with E-state index in [2.05, 4.69) is 5.32 Å². The largest absolute Gasteiger partial charge is 0.315 e. The molecule has 0 unspecified atom stereocenters. The number of nitrogens with one attached hydrogen (secondary N) is 1. The predicted octanol–water partition coefficient (Wildman–Crippen LogP) is 1.82. The van der Waals surface area contributed by atoms with E-state index >= 15 is 0 Å². The molecule has 0 aliphatic heterocycles. The fraction of sp³-hybridized carbons (Fsp3) is 0.250. The second kappa shape index (κ2) is 3.58. The van der Waals surface area contributed by atoms with Crippen molar-refractivity contribution in [3.05, 3.63) is 35.1 Å². The Hall–Kier alpha value is -1.03. The van der Waals surface area contributed by atoms with Crippen LogP contribution in [-0.2, 0) is 6.54 Å². The molecular formula is C8H8F3N. The van der Waals surface area contributed by atoms with Crippen molar-refractivity contribution in [2.75, 3.05) is 7.05 Å². The van der Waals surface area contributed by atoms with E-state index < -0.39 is 17.5 Å². The van der Waals surface area contributed by atoms with Crippen LogP contribution in [0.25, 0.3) is 0 Å². The summed E-state index contributed by atoms with van der Waals surface area (Å²) in [6.45, 7) is 0.0535. The molecule has 66 valence electrons. The summed E-state index contributed by atoms with van der Waals surface area (Å²) in [5, 5.41) is 2.58. The number of hydrogen-bond donors (Lipinski definition) is 1. The first-order valence-corrected chi connectivity index (χ1v) is 3.43. The van der Waals surface area contributed by atoms with E-state index in [4.69, 9.17) is 0 Å². The van der Waals surface area contributed by atoms with Gasteiger partial charge in [0.2, 0.25) is 0 Å². The van der Waals surface area contributed by atoms with Crippen LogP contribution in [0.15, 0.2) is 12.1 Å². The molecule has 1 rings (SSSR count). The molecule has 0 saturated heterocycles. The predicted molar refractivity (Wildman–Crippen MR) is 39.1 cm³/mol. The Morgan fingerprint density at radius 1 is 1.17 bits per heavy atom. The van der Waals surface area contributed by atoms with Gasteiger partial charge >= 0.3 is 0 Å². The van der Waals surface area contributed by atoms with Gasteiger partial charge in [-0.1, -0.05) is 0 Å². The van der Waals surface area contributed by atoms with Gasteiger partial charge in [0.15, 0.2) is 0 Å². The Balaban J connectivity index is 3.10. The van der Waals surface area contributed by atoms with Gasteiger partial charge in [-0.05, 0) is 7.05 Å². The SMILES string of the molecule is CNCc1c(F)cc(F)cc1F. The molecule has 0 saturated carbocycles. The van der Waals surface area contributed by atoms with E-state index in [1.54, 1.807) is 7.05 Å². The normalized spacial score (nSPS) is 10.3. The molecule has 0 aliphatic rings. The van der Waals surface area contributed by atoms with Gasteiger partial charge in [-0.15, -0.1) is 0 Å². The molecule has 12 heavy (non-hydrogen) atoms. The lowest BCUT2D eigenvalue weighted by Gasteiger charge is -2.03. The maximum absolute atomic E-state index is 12.8. The summed E-state index contributed by atoms with van der Waals surface area (Å²) in [4.78, 5) is 0. The van der Waals surface area contributed by atoms with E-state index in [-0.39, 0.29) is 12.1 Å². The number of halogens is 3. The number of hydrogen-bond acceptors (Lipinski definition) is 1. The Kier molecular flexibility index (Phi) is 2.70. The smallest absolute Gasteiger partial charge is 0.133 e. The molecule has 1 nitrogen and oxygen atoms in total. The Morgan fingerprint density at radius 3 is 2.08 bits per heavy atom. The molecule has 1 N–H and O–H groups in total. The van der Waals surface area contributed by atoms with Gasteiger partial charge < -0.3 is 5.32 Å². The summed E-state index contributed by atoms with van der Waals surface area (Å²) in [5.74, 6) is -2.62. The van der Waals surface area contributed by atoms with Crippen molar-refractivity contribution in [2.24, 2.45) is 0 Å². The van der Waals surface area contributed by atoms with E-state index in [1.807, 2.05) is 0 Å². The lowest BCUT2D eigenvalue weighted by atomic mass is 10.2. The molecule has 0 atom stereocenters. The van der Waals surface area contributed by atoms with E-state index in [0.717, 1.165) is 0 Å². The van der Waals surface area contributed by atoms with Gasteiger partial charge in [0.1, 0.15) is 17.5 Å². The molecule has 0 aliphatic carbocycles. The molecular weight excluding hydrogens is 167 g/mol. The van der Waals surface area contributed by atoms with Crippen LogP contribution in [0.4, 0.5) is 13.2 Å². The first-order valence-electron chi connectivity index (χ1n) is 3.43. The average molecular weight is 175 g/mol. The van der Waals surface area contributed by atoms with Crippen molar-refractivity contribution in [1.29, 1.82) is 0 Å². The highest BCUT2D eigenvalue weighted by molar-refractivity contribution is 5.20. The zero-order valence-electron chi connectivity index (χ0n) is 6.50. The summed E-state index contributed by atoms with van der Waals surface area (Å²) in [6.07, 6.45) is 0. The zero-order valence-corrected chi connectivity index (χ0v) is 6.50. The van der Waals surface area contributed by atoms with Crippen LogP contribution in [-0.4, -0.2) is 7.05 Å². The van der Waals surface area contributed by atoms with Crippen molar-refractivity contribution in [3.8, 4) is 0 Å². The first-order chi connectivity index (χ1) is 5.65. The molecule has 0 heterocycles. The summed E-state index contributed by atoms with van der Waals surface area (Å²) >= 11 is 0. The molecule has 0 aromatic heterocycles. The van der Waals surface area contributed by atoms with Crippen molar-refractivity contribution in [2.45, 2.75) is 6.54 Å². The van der Waals surface area contributed by atoms with Crippen molar-refractivity contribution < 1.29 is 13.2 Å². The Labute approximate surface area is 68.2 Å². The highest BCUT2D eigenvalue weighted by Crippen LogP contribution is 2.13. The second-order valence-corrected chi connectivity index (χ2v) is 2.38. The number of rotatable bonds is 2. The highest BCUT2D eigenvalue weighted by Gasteiger charge is 2.09. The van der Waals surface area contributed by atoms with E-state index in [1.165, 1.54) is 0 Å². The monoisotopic (exact) mass is 175 g/mol. The Bertz CT molecular complexity index is 263. The first kappa shape index (κ1) is 9.06. The summed E-state index contributed by atoms with van der Waals surface area (Å²) in [7, 11) is 1.56. The van der Waals surface area contributed by atoms with Crippen molar-refractivity contribution in [1.82, 2.24) is 5.32 Å². The van der Waals surface area contributed by atoms with Gasteiger partial charge in [0, 0.05) is 24.2 Å². The van der Waals surface area contributed by atoms with Gasteiger partial charge in [0.25, 0.3) is 0 Å². The third-order valence-corrected chi connectivity index (χ3v) is 1.46. The minimum Gasteiger partial charge on any atom is -0.315 e. The third kappa shape index (κ3) is 1.76.